The second-order valence-electron chi connectivity index (χ2n) is 3.67. The molecule has 1 aromatic carbocycles. The van der Waals surface area contributed by atoms with Crippen molar-refractivity contribution in [2.45, 2.75) is 12.3 Å². The van der Waals surface area contributed by atoms with Gasteiger partial charge in [-0.15, -0.1) is 0 Å². The fourth-order valence-electron chi connectivity index (χ4n) is 1.88. The Bertz CT molecular complexity index is 400. The minimum absolute atomic E-state index is 0.300. The van der Waals surface area contributed by atoms with Crippen LogP contribution in [0, 0.1) is 23.3 Å². The molecule has 1 saturated heterocycles. The van der Waals surface area contributed by atoms with Gasteiger partial charge in [-0.1, -0.05) is 11.6 Å². The molecule has 1 heterocycles. The van der Waals surface area contributed by atoms with E-state index in [1.165, 1.54) is 0 Å². The van der Waals surface area contributed by atoms with Crippen LogP contribution in [0.2, 0.25) is 5.02 Å². The quantitative estimate of drug-likeness (QED) is 0.461. The highest BCUT2D eigenvalue weighted by Gasteiger charge is 2.30. The van der Waals surface area contributed by atoms with Crippen molar-refractivity contribution < 1.29 is 17.6 Å². The lowest BCUT2D eigenvalue weighted by molar-refractivity contribution is 0.429. The Morgan fingerprint density at radius 3 is 2.00 bits per heavy atom. The zero-order valence-corrected chi connectivity index (χ0v) is 8.84. The summed E-state index contributed by atoms with van der Waals surface area (Å²) >= 11 is 5.12. The number of halogens is 5. The molecule has 0 bridgehead atoms. The molecular formula is C10H8ClF4N. The first-order valence-electron chi connectivity index (χ1n) is 4.76. The van der Waals surface area contributed by atoms with Gasteiger partial charge in [-0.05, 0) is 13.0 Å². The molecule has 1 atom stereocenters. The molecule has 1 aromatic rings. The van der Waals surface area contributed by atoms with Crippen LogP contribution in [0.5, 0.6) is 0 Å². The summed E-state index contributed by atoms with van der Waals surface area (Å²) in [4.78, 5) is 0. The lowest BCUT2D eigenvalue weighted by atomic mass is 9.97. The van der Waals surface area contributed by atoms with Gasteiger partial charge in [0.15, 0.2) is 23.3 Å². The van der Waals surface area contributed by atoms with Crippen LogP contribution in [0.15, 0.2) is 0 Å². The third kappa shape index (κ3) is 1.68. The van der Waals surface area contributed by atoms with E-state index in [4.69, 9.17) is 11.6 Å². The van der Waals surface area contributed by atoms with E-state index in [2.05, 4.69) is 5.32 Å². The largest absolute Gasteiger partial charge is 0.316 e. The molecule has 2 rings (SSSR count). The van der Waals surface area contributed by atoms with Crippen molar-refractivity contribution in [3.8, 4) is 0 Å². The van der Waals surface area contributed by atoms with E-state index in [-0.39, 0.29) is 0 Å². The van der Waals surface area contributed by atoms with Crippen LogP contribution in [0.4, 0.5) is 17.6 Å². The van der Waals surface area contributed by atoms with E-state index in [1.54, 1.807) is 0 Å². The number of hydrogen-bond donors (Lipinski definition) is 1. The molecule has 1 fully saturated rings. The number of benzene rings is 1. The Morgan fingerprint density at radius 1 is 1.00 bits per heavy atom. The van der Waals surface area contributed by atoms with E-state index < -0.39 is 39.8 Å². The number of rotatable bonds is 1. The zero-order chi connectivity index (χ0) is 11.9. The molecule has 0 saturated carbocycles. The van der Waals surface area contributed by atoms with E-state index >= 15 is 0 Å². The van der Waals surface area contributed by atoms with E-state index in [0.29, 0.717) is 19.5 Å². The molecular weight excluding hydrogens is 246 g/mol. The molecule has 88 valence electrons. The molecule has 0 aromatic heterocycles. The Labute approximate surface area is 94.4 Å². The van der Waals surface area contributed by atoms with Crippen molar-refractivity contribution in [2.75, 3.05) is 13.1 Å². The molecule has 6 heteroatoms. The van der Waals surface area contributed by atoms with Crippen LogP contribution in [0.1, 0.15) is 17.9 Å². The molecule has 0 spiro atoms. The van der Waals surface area contributed by atoms with Crippen molar-refractivity contribution in [1.82, 2.24) is 5.32 Å². The molecule has 0 aliphatic carbocycles. The van der Waals surface area contributed by atoms with E-state index in [0.717, 1.165) is 0 Å². The predicted molar refractivity (Wildman–Crippen MR) is 51.5 cm³/mol. The number of hydrogen-bond acceptors (Lipinski definition) is 1. The van der Waals surface area contributed by atoms with Crippen molar-refractivity contribution in [3.63, 3.8) is 0 Å². The maximum absolute atomic E-state index is 13.5. The Kier molecular flexibility index (Phi) is 3.08. The van der Waals surface area contributed by atoms with Crippen LogP contribution in [0.25, 0.3) is 0 Å². The van der Waals surface area contributed by atoms with Gasteiger partial charge >= 0.3 is 0 Å². The summed E-state index contributed by atoms with van der Waals surface area (Å²) in [6.45, 7) is 0.865. The Morgan fingerprint density at radius 2 is 1.56 bits per heavy atom. The highest BCUT2D eigenvalue weighted by Crippen LogP contribution is 2.34. The van der Waals surface area contributed by atoms with Crippen molar-refractivity contribution in [3.05, 3.63) is 33.9 Å². The van der Waals surface area contributed by atoms with Crippen LogP contribution < -0.4 is 5.32 Å². The standard InChI is InChI=1S/C10H8ClF4N/c11-6-9(14)7(12)5(8(13)10(6)15)4-1-2-16-3-4/h4,16H,1-3H2. The van der Waals surface area contributed by atoms with Crippen molar-refractivity contribution >= 4 is 11.6 Å². The summed E-state index contributed by atoms with van der Waals surface area (Å²) in [6.07, 6.45) is 0.439. The summed E-state index contributed by atoms with van der Waals surface area (Å²) in [6, 6.07) is 0. The van der Waals surface area contributed by atoms with Gasteiger partial charge in [0.25, 0.3) is 0 Å². The van der Waals surface area contributed by atoms with E-state index in [9.17, 15) is 17.6 Å². The van der Waals surface area contributed by atoms with Crippen LogP contribution >= 0.6 is 11.6 Å². The van der Waals surface area contributed by atoms with Gasteiger partial charge in [0.05, 0.1) is 0 Å². The van der Waals surface area contributed by atoms with Crippen molar-refractivity contribution in [1.29, 1.82) is 0 Å². The summed E-state index contributed by atoms with van der Waals surface area (Å²) in [5.41, 5.74) is -0.551. The molecule has 1 nitrogen and oxygen atoms in total. The summed E-state index contributed by atoms with van der Waals surface area (Å²) in [5, 5.41) is 1.73. The van der Waals surface area contributed by atoms with Gasteiger partial charge in [0, 0.05) is 18.0 Å². The van der Waals surface area contributed by atoms with Gasteiger partial charge in [-0.2, -0.15) is 0 Å². The molecule has 16 heavy (non-hydrogen) atoms. The molecule has 1 N–H and O–H groups in total. The minimum Gasteiger partial charge on any atom is -0.316 e. The summed E-state index contributed by atoms with van der Waals surface area (Å²) in [5.74, 6) is -6.39. The molecule has 0 amide bonds. The SMILES string of the molecule is Fc1c(F)c(C2CCNC2)c(F)c(F)c1Cl. The smallest absolute Gasteiger partial charge is 0.180 e. The van der Waals surface area contributed by atoms with E-state index in [1.807, 2.05) is 0 Å². The lowest BCUT2D eigenvalue weighted by Crippen LogP contribution is -2.13. The maximum Gasteiger partial charge on any atom is 0.180 e. The molecule has 1 aliphatic rings. The third-order valence-electron chi connectivity index (χ3n) is 2.71. The van der Waals surface area contributed by atoms with Crippen LogP contribution in [-0.2, 0) is 0 Å². The third-order valence-corrected chi connectivity index (χ3v) is 3.04. The first kappa shape index (κ1) is 11.7. The summed E-state index contributed by atoms with van der Waals surface area (Å²) in [7, 11) is 0. The Hall–Kier alpha value is -0.810. The van der Waals surface area contributed by atoms with Gasteiger partial charge < -0.3 is 5.32 Å². The van der Waals surface area contributed by atoms with Gasteiger partial charge in [-0.25, -0.2) is 17.6 Å². The zero-order valence-electron chi connectivity index (χ0n) is 8.09. The fraction of sp³-hybridized carbons (Fsp3) is 0.400. The summed E-state index contributed by atoms with van der Waals surface area (Å²) < 4.78 is 53.2. The van der Waals surface area contributed by atoms with Gasteiger partial charge in [0.2, 0.25) is 0 Å². The molecule has 1 unspecified atom stereocenters. The second-order valence-corrected chi connectivity index (χ2v) is 4.05. The maximum atomic E-state index is 13.5. The fourth-order valence-corrected chi connectivity index (χ4v) is 2.05. The highest BCUT2D eigenvalue weighted by molar-refractivity contribution is 6.30. The average molecular weight is 254 g/mol. The van der Waals surface area contributed by atoms with Gasteiger partial charge in [-0.3, -0.25) is 0 Å². The van der Waals surface area contributed by atoms with Crippen molar-refractivity contribution in [2.24, 2.45) is 0 Å². The first-order valence-corrected chi connectivity index (χ1v) is 5.14. The monoisotopic (exact) mass is 253 g/mol. The van der Waals surface area contributed by atoms with Crippen LogP contribution in [0.3, 0.4) is 0 Å². The Balaban J connectivity index is 2.59. The lowest BCUT2D eigenvalue weighted by Gasteiger charge is -2.13. The molecule has 1 aliphatic heterocycles. The highest BCUT2D eigenvalue weighted by atomic mass is 35.5. The minimum atomic E-state index is -1.53. The average Bonchev–Trinajstić information content (AvgIpc) is 2.77. The van der Waals surface area contributed by atoms with Gasteiger partial charge in [0.1, 0.15) is 5.02 Å². The first-order chi connectivity index (χ1) is 7.54. The number of nitrogens with one attached hydrogen (secondary N) is 1. The second kappa shape index (κ2) is 4.22. The molecule has 0 radical (unpaired) electrons. The topological polar surface area (TPSA) is 12.0 Å². The predicted octanol–water partition coefficient (Wildman–Crippen LogP) is 2.97. The van der Waals surface area contributed by atoms with Crippen LogP contribution in [-0.4, -0.2) is 13.1 Å². The normalized spacial score (nSPS) is 20.4.